The van der Waals surface area contributed by atoms with Crippen molar-refractivity contribution in [3.8, 4) is 0 Å². The van der Waals surface area contributed by atoms with Crippen molar-refractivity contribution in [3.05, 3.63) is 29.0 Å². The first-order valence-corrected chi connectivity index (χ1v) is 7.96. The summed E-state index contributed by atoms with van der Waals surface area (Å²) in [6, 6.07) is 3.30. The van der Waals surface area contributed by atoms with Crippen molar-refractivity contribution in [2.24, 2.45) is 0 Å². The predicted octanol–water partition coefficient (Wildman–Crippen LogP) is 3.60. The van der Waals surface area contributed by atoms with Gasteiger partial charge in [0.05, 0.1) is 10.7 Å². The Hall–Kier alpha value is -1.62. The molecule has 1 N–H and O–H groups in total. The number of nitrogens with one attached hydrogen (secondary N) is 1. The average Bonchev–Trinajstić information content (AvgIpc) is 2.51. The summed E-state index contributed by atoms with van der Waals surface area (Å²) in [6.07, 6.45) is 3.60. The monoisotopic (exact) mass is 326 g/mol. The Kier molecular flexibility index (Phi) is 5.77. The Morgan fingerprint density at radius 1 is 1.41 bits per heavy atom. The van der Waals surface area contributed by atoms with E-state index in [0.717, 1.165) is 19.3 Å². The van der Waals surface area contributed by atoms with Gasteiger partial charge in [-0.05, 0) is 43.9 Å². The highest BCUT2D eigenvalue weighted by Gasteiger charge is 2.31. The molecule has 0 saturated carbocycles. The van der Waals surface area contributed by atoms with Crippen LogP contribution in [0, 0.1) is 5.82 Å². The van der Waals surface area contributed by atoms with Crippen LogP contribution in [0.1, 0.15) is 39.0 Å². The highest BCUT2D eigenvalue weighted by atomic mass is 35.5. The maximum absolute atomic E-state index is 13.3. The van der Waals surface area contributed by atoms with Crippen LogP contribution >= 0.6 is 11.6 Å². The summed E-state index contributed by atoms with van der Waals surface area (Å²) in [5, 5.41) is 2.92. The number of rotatable bonds is 4. The third kappa shape index (κ3) is 3.97. The molecule has 0 bridgehead atoms. The SMILES string of the molecule is CCCC(=O)N1CCCC[C@H]1C(=O)Nc1cc(F)ccc1Cl. The molecule has 1 aromatic rings. The Morgan fingerprint density at radius 3 is 2.91 bits per heavy atom. The summed E-state index contributed by atoms with van der Waals surface area (Å²) in [7, 11) is 0. The van der Waals surface area contributed by atoms with Gasteiger partial charge in [0.15, 0.2) is 0 Å². The largest absolute Gasteiger partial charge is 0.331 e. The molecule has 0 radical (unpaired) electrons. The van der Waals surface area contributed by atoms with Crippen molar-refractivity contribution in [1.29, 1.82) is 0 Å². The molecule has 1 aliphatic rings. The van der Waals surface area contributed by atoms with Gasteiger partial charge in [-0.15, -0.1) is 0 Å². The number of carbonyl (C=O) groups excluding carboxylic acids is 2. The van der Waals surface area contributed by atoms with Gasteiger partial charge in [-0.2, -0.15) is 0 Å². The number of benzene rings is 1. The van der Waals surface area contributed by atoms with Crippen molar-refractivity contribution in [3.63, 3.8) is 0 Å². The molecular weight excluding hydrogens is 307 g/mol. The van der Waals surface area contributed by atoms with Crippen LogP contribution < -0.4 is 5.32 Å². The molecule has 4 nitrogen and oxygen atoms in total. The Bertz CT molecular complexity index is 565. The maximum atomic E-state index is 13.3. The smallest absolute Gasteiger partial charge is 0.247 e. The van der Waals surface area contributed by atoms with Crippen LogP contribution in [0.25, 0.3) is 0 Å². The molecule has 2 rings (SSSR count). The average molecular weight is 327 g/mol. The van der Waals surface area contributed by atoms with Gasteiger partial charge in [-0.1, -0.05) is 18.5 Å². The molecule has 1 fully saturated rings. The van der Waals surface area contributed by atoms with E-state index in [-0.39, 0.29) is 22.5 Å². The Morgan fingerprint density at radius 2 is 2.18 bits per heavy atom. The third-order valence-corrected chi connectivity index (χ3v) is 4.11. The van der Waals surface area contributed by atoms with E-state index < -0.39 is 11.9 Å². The second-order valence-electron chi connectivity index (χ2n) is 5.46. The number of hydrogen-bond acceptors (Lipinski definition) is 2. The molecule has 120 valence electrons. The summed E-state index contributed by atoms with van der Waals surface area (Å²) < 4.78 is 13.3. The first-order chi connectivity index (χ1) is 10.5. The lowest BCUT2D eigenvalue weighted by molar-refractivity contribution is -0.140. The lowest BCUT2D eigenvalue weighted by atomic mass is 10.0. The maximum Gasteiger partial charge on any atom is 0.247 e. The van der Waals surface area contributed by atoms with Crippen LogP contribution in [0.4, 0.5) is 10.1 Å². The topological polar surface area (TPSA) is 49.4 Å². The van der Waals surface area contributed by atoms with Gasteiger partial charge in [0.1, 0.15) is 11.9 Å². The highest BCUT2D eigenvalue weighted by molar-refractivity contribution is 6.33. The van der Waals surface area contributed by atoms with Crippen LogP contribution in [0.3, 0.4) is 0 Å². The van der Waals surface area contributed by atoms with Crippen LogP contribution in [0.2, 0.25) is 5.02 Å². The molecule has 1 atom stereocenters. The van der Waals surface area contributed by atoms with Crippen LogP contribution in [0.5, 0.6) is 0 Å². The van der Waals surface area contributed by atoms with E-state index in [9.17, 15) is 14.0 Å². The van der Waals surface area contributed by atoms with E-state index in [2.05, 4.69) is 5.32 Å². The molecule has 0 aliphatic carbocycles. The van der Waals surface area contributed by atoms with Crippen molar-refractivity contribution in [2.75, 3.05) is 11.9 Å². The summed E-state index contributed by atoms with van der Waals surface area (Å²) in [5.74, 6) is -0.786. The quantitative estimate of drug-likeness (QED) is 0.919. The number of hydrogen-bond donors (Lipinski definition) is 1. The predicted molar refractivity (Wildman–Crippen MR) is 84.3 cm³/mol. The van der Waals surface area contributed by atoms with E-state index >= 15 is 0 Å². The third-order valence-electron chi connectivity index (χ3n) is 3.78. The fraction of sp³-hybridized carbons (Fsp3) is 0.500. The number of carbonyl (C=O) groups is 2. The Labute approximate surface area is 134 Å². The van der Waals surface area contributed by atoms with Gasteiger partial charge in [-0.25, -0.2) is 4.39 Å². The van der Waals surface area contributed by atoms with Crippen molar-refractivity contribution in [1.82, 2.24) is 4.90 Å². The minimum atomic E-state index is -0.507. The van der Waals surface area contributed by atoms with E-state index in [1.165, 1.54) is 18.2 Å². The molecule has 1 aromatic carbocycles. The zero-order chi connectivity index (χ0) is 16.1. The zero-order valence-electron chi connectivity index (χ0n) is 12.6. The van der Waals surface area contributed by atoms with E-state index in [4.69, 9.17) is 11.6 Å². The number of nitrogens with zero attached hydrogens (tertiary/aromatic N) is 1. The van der Waals surface area contributed by atoms with Gasteiger partial charge in [0.2, 0.25) is 11.8 Å². The first-order valence-electron chi connectivity index (χ1n) is 7.58. The molecule has 1 saturated heterocycles. The van der Waals surface area contributed by atoms with Gasteiger partial charge < -0.3 is 10.2 Å². The molecule has 6 heteroatoms. The van der Waals surface area contributed by atoms with Crippen LogP contribution in [0.15, 0.2) is 18.2 Å². The van der Waals surface area contributed by atoms with Gasteiger partial charge in [0.25, 0.3) is 0 Å². The van der Waals surface area contributed by atoms with Crippen molar-refractivity contribution >= 4 is 29.1 Å². The van der Waals surface area contributed by atoms with Gasteiger partial charge >= 0.3 is 0 Å². The van der Waals surface area contributed by atoms with Gasteiger partial charge in [-0.3, -0.25) is 9.59 Å². The summed E-state index contributed by atoms with van der Waals surface area (Å²) in [6.45, 7) is 2.53. The molecule has 0 spiro atoms. The van der Waals surface area contributed by atoms with Crippen LogP contribution in [-0.4, -0.2) is 29.3 Å². The molecule has 0 unspecified atom stereocenters. The molecule has 2 amide bonds. The number of halogens is 2. The van der Waals surface area contributed by atoms with E-state index in [1.54, 1.807) is 4.90 Å². The minimum Gasteiger partial charge on any atom is -0.331 e. The molecular formula is C16H20ClFN2O2. The zero-order valence-corrected chi connectivity index (χ0v) is 13.3. The molecule has 1 aliphatic heterocycles. The van der Waals surface area contributed by atoms with E-state index in [1.807, 2.05) is 6.92 Å². The van der Waals surface area contributed by atoms with E-state index in [0.29, 0.717) is 19.4 Å². The first kappa shape index (κ1) is 16.7. The van der Waals surface area contributed by atoms with Crippen LogP contribution in [-0.2, 0) is 9.59 Å². The van der Waals surface area contributed by atoms with Crippen molar-refractivity contribution < 1.29 is 14.0 Å². The second kappa shape index (κ2) is 7.58. The number of anilines is 1. The number of piperidine rings is 1. The lowest BCUT2D eigenvalue weighted by Crippen LogP contribution is -2.49. The summed E-state index contributed by atoms with van der Waals surface area (Å²) >= 11 is 5.97. The number of amides is 2. The summed E-state index contributed by atoms with van der Waals surface area (Å²) in [5.41, 5.74) is 0.236. The minimum absolute atomic E-state index is 0.00677. The standard InChI is InChI=1S/C16H20ClFN2O2/c1-2-5-15(21)20-9-4-3-6-14(20)16(22)19-13-10-11(18)7-8-12(13)17/h7-8,10,14H,2-6,9H2,1H3,(H,19,22)/t14-/m0/s1. The molecule has 0 aromatic heterocycles. The molecule has 1 heterocycles. The fourth-order valence-corrected chi connectivity index (χ4v) is 2.83. The normalized spacial score (nSPS) is 18.1. The highest BCUT2D eigenvalue weighted by Crippen LogP contribution is 2.25. The Balaban J connectivity index is 2.12. The lowest BCUT2D eigenvalue weighted by Gasteiger charge is -2.34. The second-order valence-corrected chi connectivity index (χ2v) is 5.87. The van der Waals surface area contributed by atoms with Gasteiger partial charge in [0, 0.05) is 13.0 Å². The van der Waals surface area contributed by atoms with Crippen molar-refractivity contribution in [2.45, 2.75) is 45.1 Å². The molecule has 22 heavy (non-hydrogen) atoms. The number of likely N-dealkylation sites (tertiary alicyclic amines) is 1. The summed E-state index contributed by atoms with van der Waals surface area (Å²) in [4.78, 5) is 26.2. The fourth-order valence-electron chi connectivity index (χ4n) is 2.67.